The first-order valence-electron chi connectivity index (χ1n) is 21.4. The van der Waals surface area contributed by atoms with Crippen molar-refractivity contribution in [3.63, 3.8) is 0 Å². The van der Waals surface area contributed by atoms with Gasteiger partial charge < -0.3 is 42.8 Å². The lowest BCUT2D eigenvalue weighted by Crippen LogP contribution is -2.59. The van der Waals surface area contributed by atoms with Crippen LogP contribution in [-0.2, 0) is 52.3 Å². The second-order valence-electron chi connectivity index (χ2n) is 17.4. The number of fused-ring (bicyclic) bond motifs is 5. The third-order valence-electron chi connectivity index (χ3n) is 14.2. The number of ketones is 1. The van der Waals surface area contributed by atoms with Crippen LogP contribution in [0.2, 0.25) is 0 Å². The molecule has 12 heteroatoms. The van der Waals surface area contributed by atoms with Gasteiger partial charge in [0.1, 0.15) is 24.4 Å². The quantitative estimate of drug-likeness (QED) is 0.186. The zero-order chi connectivity index (χ0) is 40.4. The Morgan fingerprint density at radius 3 is 2.23 bits per heavy atom. The number of likely N-dealkylation sites (N-methyl/N-ethyl adjacent to an activating group) is 1. The molecular formula is C44H69NO11. The highest BCUT2D eigenvalue weighted by Crippen LogP contribution is 2.56. The summed E-state index contributed by atoms with van der Waals surface area (Å²) in [6.45, 7) is 12.1. The standard InChI is InChI=1S/C44H69NO11/c1-11-27-14-13-15-36(56-39-17-16-35(25(5)52-39)45(7)37(46)12-2)24(4)40(48)34-21-32-30(33(34)22-38(47)54-27)18-23(3)29-19-28(20-31(29)32)55-44-43(51-10)42(50-9)41(49-8)26(6)53-44/h18,21,24-33,35-36,39,41-44H,11-17,19-20,22H2,1-10H3/t24-,25?,26?,27+,28-,29+,30-,31-,32-,33+,35+,36+,39+,41+,42?,43+,44+/m1/s1. The zero-order valence-corrected chi connectivity index (χ0v) is 35.5. The van der Waals surface area contributed by atoms with Crippen molar-refractivity contribution in [3.8, 4) is 0 Å². The molecular weight excluding hydrogens is 718 g/mol. The number of ether oxygens (including phenoxy) is 8. The maximum atomic E-state index is 14.8. The van der Waals surface area contributed by atoms with Crippen molar-refractivity contribution in [2.75, 3.05) is 28.4 Å². The summed E-state index contributed by atoms with van der Waals surface area (Å²) >= 11 is 0. The summed E-state index contributed by atoms with van der Waals surface area (Å²) in [6.07, 6.45) is 7.83. The van der Waals surface area contributed by atoms with Gasteiger partial charge in [0.2, 0.25) is 5.91 Å². The molecule has 0 bridgehead atoms. The number of methoxy groups -OCH3 is 3. The summed E-state index contributed by atoms with van der Waals surface area (Å²) in [5, 5.41) is 0. The molecule has 1 amide bonds. The molecule has 56 heavy (non-hydrogen) atoms. The van der Waals surface area contributed by atoms with Crippen molar-refractivity contribution >= 4 is 17.7 Å². The number of cyclic esters (lactones) is 1. The van der Waals surface area contributed by atoms with Crippen LogP contribution in [0.1, 0.15) is 106 Å². The number of hydrogen-bond donors (Lipinski definition) is 0. The van der Waals surface area contributed by atoms with Gasteiger partial charge in [-0.05, 0) is 95.0 Å². The molecule has 1 saturated carbocycles. The molecule has 0 aromatic rings. The van der Waals surface area contributed by atoms with E-state index in [9.17, 15) is 14.4 Å². The summed E-state index contributed by atoms with van der Waals surface area (Å²) in [4.78, 5) is 42.7. The van der Waals surface area contributed by atoms with Gasteiger partial charge >= 0.3 is 5.97 Å². The van der Waals surface area contributed by atoms with Crippen molar-refractivity contribution in [3.05, 3.63) is 23.3 Å². The van der Waals surface area contributed by atoms with Crippen LogP contribution in [0.15, 0.2) is 23.3 Å². The van der Waals surface area contributed by atoms with E-state index in [0.717, 1.165) is 37.7 Å². The summed E-state index contributed by atoms with van der Waals surface area (Å²) in [6, 6.07) is -0.0169. The van der Waals surface area contributed by atoms with Gasteiger partial charge in [0, 0.05) is 53.1 Å². The van der Waals surface area contributed by atoms with Gasteiger partial charge in [-0.3, -0.25) is 14.4 Å². The van der Waals surface area contributed by atoms with Crippen molar-refractivity contribution in [1.29, 1.82) is 0 Å². The number of Topliss-reactive ketones (excluding diaryl/α,β-unsaturated/α-hetero) is 1. The minimum absolute atomic E-state index is 0.0105. The number of rotatable bonds is 10. The molecule has 3 saturated heterocycles. The van der Waals surface area contributed by atoms with Crippen molar-refractivity contribution in [1.82, 2.24) is 4.90 Å². The SMILES string of the molecule is CCC(=O)N(C)[C@H]1CC[C@H](O[C@H]2CCC[C@H](CC)OC(=O)C[C@@H]3C(=C[C@@H]4[C@H]3C=C(C)[C@@H]3C[C@@H](O[C@@H]5OC(C)[C@H](OC)C(OC)[C@@H]5OC)C[C@@H]43)C(=O)[C@@H]2C)OC1C. The molecule has 6 aliphatic rings. The molecule has 0 radical (unpaired) electrons. The predicted octanol–water partition coefficient (Wildman–Crippen LogP) is 6.18. The summed E-state index contributed by atoms with van der Waals surface area (Å²) in [5.41, 5.74) is 2.02. The van der Waals surface area contributed by atoms with Crippen LogP contribution in [0.4, 0.5) is 0 Å². The summed E-state index contributed by atoms with van der Waals surface area (Å²) in [5.74, 6) is -0.165. The van der Waals surface area contributed by atoms with Crippen molar-refractivity contribution < 1.29 is 52.3 Å². The molecule has 0 aromatic heterocycles. The number of carbonyl (C=O) groups excluding carboxylic acids is 3. The van der Waals surface area contributed by atoms with E-state index in [1.165, 1.54) is 5.57 Å². The third-order valence-corrected chi connectivity index (χ3v) is 14.2. The Hall–Kier alpha value is -2.19. The average molecular weight is 788 g/mol. The lowest BCUT2D eigenvalue weighted by molar-refractivity contribution is -0.314. The maximum absolute atomic E-state index is 14.8. The van der Waals surface area contributed by atoms with E-state index in [1.54, 1.807) is 26.2 Å². The molecule has 12 nitrogen and oxygen atoms in total. The van der Waals surface area contributed by atoms with E-state index in [-0.39, 0.29) is 102 Å². The minimum Gasteiger partial charge on any atom is -0.462 e. The van der Waals surface area contributed by atoms with Crippen LogP contribution < -0.4 is 0 Å². The molecule has 0 spiro atoms. The Morgan fingerprint density at radius 1 is 0.839 bits per heavy atom. The summed E-state index contributed by atoms with van der Waals surface area (Å²) < 4.78 is 49.8. The highest BCUT2D eigenvalue weighted by molar-refractivity contribution is 5.99. The van der Waals surface area contributed by atoms with E-state index >= 15 is 0 Å². The first-order valence-corrected chi connectivity index (χ1v) is 21.4. The Bertz CT molecular complexity index is 1450. The first-order chi connectivity index (χ1) is 26.8. The smallest absolute Gasteiger partial charge is 0.306 e. The van der Waals surface area contributed by atoms with Crippen LogP contribution in [0.5, 0.6) is 0 Å². The van der Waals surface area contributed by atoms with E-state index in [1.807, 2.05) is 34.7 Å². The van der Waals surface area contributed by atoms with Crippen LogP contribution >= 0.6 is 0 Å². The average Bonchev–Trinajstić information content (AvgIpc) is 3.77. The van der Waals surface area contributed by atoms with Gasteiger partial charge in [0.25, 0.3) is 0 Å². The van der Waals surface area contributed by atoms with Gasteiger partial charge in [-0.1, -0.05) is 38.5 Å². The van der Waals surface area contributed by atoms with E-state index in [0.29, 0.717) is 25.7 Å². The fourth-order valence-electron chi connectivity index (χ4n) is 11.0. The molecule has 0 N–H and O–H groups in total. The molecule has 3 aliphatic carbocycles. The highest BCUT2D eigenvalue weighted by atomic mass is 16.7. The Balaban J connectivity index is 1.22. The maximum Gasteiger partial charge on any atom is 0.306 e. The highest BCUT2D eigenvalue weighted by Gasteiger charge is 2.54. The monoisotopic (exact) mass is 787 g/mol. The van der Waals surface area contributed by atoms with E-state index in [2.05, 4.69) is 26.0 Å². The van der Waals surface area contributed by atoms with Gasteiger partial charge in [-0.25, -0.2) is 0 Å². The normalized spacial score (nSPS) is 43.3. The van der Waals surface area contributed by atoms with Crippen LogP contribution in [0.3, 0.4) is 0 Å². The predicted molar refractivity (Wildman–Crippen MR) is 208 cm³/mol. The van der Waals surface area contributed by atoms with Crippen molar-refractivity contribution in [2.24, 2.45) is 35.5 Å². The molecule has 3 aliphatic heterocycles. The molecule has 6 rings (SSSR count). The second kappa shape index (κ2) is 18.8. The minimum atomic E-state index is -0.615. The molecule has 0 aromatic carbocycles. The molecule has 3 heterocycles. The largest absolute Gasteiger partial charge is 0.462 e. The number of allylic oxidation sites excluding steroid dienone is 4. The lowest BCUT2D eigenvalue weighted by Gasteiger charge is -2.44. The van der Waals surface area contributed by atoms with Crippen LogP contribution in [0.25, 0.3) is 0 Å². The van der Waals surface area contributed by atoms with Crippen molar-refractivity contribution in [2.45, 2.75) is 173 Å². The van der Waals surface area contributed by atoms with Gasteiger partial charge in [-0.15, -0.1) is 0 Å². The molecule has 4 fully saturated rings. The zero-order valence-electron chi connectivity index (χ0n) is 35.5. The molecule has 17 atom stereocenters. The Morgan fingerprint density at radius 2 is 1.57 bits per heavy atom. The Kier molecular flexibility index (Phi) is 14.6. The third kappa shape index (κ3) is 8.87. The van der Waals surface area contributed by atoms with Crippen LogP contribution in [0, 0.1) is 35.5 Å². The van der Waals surface area contributed by atoms with Crippen LogP contribution in [-0.4, -0.2) is 118 Å². The van der Waals surface area contributed by atoms with Gasteiger partial charge in [0.15, 0.2) is 18.4 Å². The first kappa shape index (κ1) is 43.4. The second-order valence-corrected chi connectivity index (χ2v) is 17.4. The number of nitrogens with zero attached hydrogens (tertiary/aromatic N) is 1. The molecule has 316 valence electrons. The lowest BCUT2D eigenvalue weighted by atomic mass is 9.67. The molecule has 3 unspecified atom stereocenters. The number of carbonyl (C=O) groups is 3. The fourth-order valence-corrected chi connectivity index (χ4v) is 11.0. The number of esters is 1. The number of hydrogen-bond acceptors (Lipinski definition) is 11. The van der Waals surface area contributed by atoms with E-state index < -0.39 is 24.6 Å². The topological polar surface area (TPSA) is 128 Å². The Labute approximate surface area is 334 Å². The number of amides is 1. The van der Waals surface area contributed by atoms with E-state index in [4.69, 9.17) is 37.9 Å². The van der Waals surface area contributed by atoms with Gasteiger partial charge in [0.05, 0.1) is 36.9 Å². The van der Waals surface area contributed by atoms with Gasteiger partial charge in [-0.2, -0.15) is 0 Å². The summed E-state index contributed by atoms with van der Waals surface area (Å²) in [7, 11) is 6.81. The fraction of sp³-hybridized carbons (Fsp3) is 0.841.